The van der Waals surface area contributed by atoms with E-state index in [1.165, 1.54) is 32.1 Å². The molecule has 0 heterocycles. The van der Waals surface area contributed by atoms with Crippen molar-refractivity contribution in [2.24, 2.45) is 17.8 Å². The molecule has 4 unspecified atom stereocenters. The zero-order valence-corrected chi connectivity index (χ0v) is 12.8. The molecule has 2 nitrogen and oxygen atoms in total. The standard InChI is InChI=1S/C16H27ClO2/c1-2-3-4-5-6-7-8-19-16(18)14-10-13-9-12(14)11-15(13)17/h12-15H,2-11H2,1H3. The smallest absolute Gasteiger partial charge is 0.309 e. The van der Waals surface area contributed by atoms with Gasteiger partial charge in [-0.25, -0.2) is 0 Å². The molecular weight excluding hydrogens is 260 g/mol. The van der Waals surface area contributed by atoms with Crippen molar-refractivity contribution in [3.05, 3.63) is 0 Å². The topological polar surface area (TPSA) is 26.3 Å². The molecule has 2 bridgehead atoms. The molecule has 0 radical (unpaired) electrons. The lowest BCUT2D eigenvalue weighted by atomic mass is 9.89. The van der Waals surface area contributed by atoms with Gasteiger partial charge in [-0.15, -0.1) is 11.6 Å². The summed E-state index contributed by atoms with van der Waals surface area (Å²) in [4.78, 5) is 12.0. The van der Waals surface area contributed by atoms with Gasteiger partial charge in [0.05, 0.1) is 12.5 Å². The summed E-state index contributed by atoms with van der Waals surface area (Å²) in [6.07, 6.45) is 10.5. The Balaban J connectivity index is 1.54. The van der Waals surface area contributed by atoms with Crippen molar-refractivity contribution >= 4 is 17.6 Å². The van der Waals surface area contributed by atoms with Crippen LogP contribution in [0.15, 0.2) is 0 Å². The van der Waals surface area contributed by atoms with E-state index >= 15 is 0 Å². The van der Waals surface area contributed by atoms with E-state index in [1.54, 1.807) is 0 Å². The molecule has 2 aliphatic rings. The van der Waals surface area contributed by atoms with Crippen LogP contribution in [0, 0.1) is 17.8 Å². The van der Waals surface area contributed by atoms with Crippen molar-refractivity contribution in [3.63, 3.8) is 0 Å². The number of esters is 1. The molecule has 2 rings (SSSR count). The molecule has 3 heteroatoms. The van der Waals surface area contributed by atoms with E-state index in [-0.39, 0.29) is 11.9 Å². The number of ether oxygens (including phenoxy) is 1. The highest BCUT2D eigenvalue weighted by atomic mass is 35.5. The summed E-state index contributed by atoms with van der Waals surface area (Å²) >= 11 is 6.21. The van der Waals surface area contributed by atoms with Gasteiger partial charge in [0.15, 0.2) is 0 Å². The van der Waals surface area contributed by atoms with Crippen molar-refractivity contribution in [2.45, 2.75) is 70.1 Å². The minimum absolute atomic E-state index is 0.0459. The first-order chi connectivity index (χ1) is 9.22. The van der Waals surface area contributed by atoms with E-state index in [0.29, 0.717) is 23.8 Å². The van der Waals surface area contributed by atoms with Crippen molar-refractivity contribution in [1.82, 2.24) is 0 Å². The molecule has 0 saturated heterocycles. The van der Waals surface area contributed by atoms with E-state index < -0.39 is 0 Å². The second-order valence-electron chi connectivity index (χ2n) is 6.29. The first-order valence-corrected chi connectivity index (χ1v) is 8.46. The Morgan fingerprint density at radius 3 is 2.42 bits per heavy atom. The molecule has 4 atom stereocenters. The minimum atomic E-state index is 0.0459. The Kier molecular flexibility index (Phi) is 6.00. The molecular formula is C16H27ClO2. The molecule has 2 aliphatic carbocycles. The quantitative estimate of drug-likeness (QED) is 0.372. The van der Waals surface area contributed by atoms with Crippen molar-refractivity contribution in [3.8, 4) is 0 Å². The largest absolute Gasteiger partial charge is 0.465 e. The maximum atomic E-state index is 12.0. The first-order valence-electron chi connectivity index (χ1n) is 8.03. The number of fused-ring (bicyclic) bond motifs is 2. The fourth-order valence-corrected chi connectivity index (χ4v) is 4.09. The van der Waals surface area contributed by atoms with Gasteiger partial charge in [-0.05, 0) is 37.5 Å². The summed E-state index contributed by atoms with van der Waals surface area (Å²) in [5.41, 5.74) is 0. The second kappa shape index (κ2) is 7.52. The fraction of sp³-hybridized carbons (Fsp3) is 0.938. The van der Waals surface area contributed by atoms with Crippen LogP contribution < -0.4 is 0 Å². The van der Waals surface area contributed by atoms with Gasteiger partial charge in [-0.3, -0.25) is 4.79 Å². The maximum Gasteiger partial charge on any atom is 0.309 e. The summed E-state index contributed by atoms with van der Waals surface area (Å²) in [5, 5.41) is 0.313. The number of hydrogen-bond donors (Lipinski definition) is 0. The van der Waals surface area contributed by atoms with Crippen molar-refractivity contribution in [2.75, 3.05) is 6.61 Å². The summed E-state index contributed by atoms with van der Waals surface area (Å²) in [5.74, 6) is 1.27. The molecule has 2 fully saturated rings. The lowest BCUT2D eigenvalue weighted by Crippen LogP contribution is -2.26. The zero-order valence-electron chi connectivity index (χ0n) is 12.1. The van der Waals surface area contributed by atoms with E-state index in [2.05, 4.69) is 6.92 Å². The predicted molar refractivity (Wildman–Crippen MR) is 78.3 cm³/mol. The third-order valence-corrected chi connectivity index (χ3v) is 5.35. The van der Waals surface area contributed by atoms with Gasteiger partial charge in [0.25, 0.3) is 0 Å². The number of rotatable bonds is 8. The summed E-state index contributed by atoms with van der Waals surface area (Å²) in [6.45, 7) is 2.84. The van der Waals surface area contributed by atoms with Crippen LogP contribution in [-0.2, 0) is 9.53 Å². The number of hydrogen-bond acceptors (Lipinski definition) is 2. The highest BCUT2D eigenvalue weighted by Crippen LogP contribution is 2.50. The summed E-state index contributed by atoms with van der Waals surface area (Å²) in [7, 11) is 0. The molecule has 0 amide bonds. The van der Waals surface area contributed by atoms with Gasteiger partial charge < -0.3 is 4.74 Å². The Morgan fingerprint density at radius 2 is 1.79 bits per heavy atom. The van der Waals surface area contributed by atoms with Crippen molar-refractivity contribution in [1.29, 1.82) is 0 Å². The van der Waals surface area contributed by atoms with E-state index in [0.717, 1.165) is 25.7 Å². The van der Waals surface area contributed by atoms with Crippen molar-refractivity contribution < 1.29 is 9.53 Å². The SMILES string of the molecule is CCCCCCCCOC(=O)C1CC2CC1CC2Cl. The van der Waals surface area contributed by atoms with E-state index in [9.17, 15) is 4.79 Å². The lowest BCUT2D eigenvalue weighted by molar-refractivity contribution is -0.150. The number of carbonyl (C=O) groups excluding carboxylic acids is 1. The van der Waals surface area contributed by atoms with Crippen LogP contribution in [-0.4, -0.2) is 18.0 Å². The molecule has 19 heavy (non-hydrogen) atoms. The monoisotopic (exact) mass is 286 g/mol. The molecule has 0 spiro atoms. The number of alkyl halides is 1. The number of halogens is 1. The average molecular weight is 287 g/mol. The number of carbonyl (C=O) groups is 1. The van der Waals surface area contributed by atoms with Gasteiger partial charge in [-0.1, -0.05) is 39.0 Å². The normalized spacial score (nSPS) is 32.7. The van der Waals surface area contributed by atoms with Crippen LogP contribution in [0.4, 0.5) is 0 Å². The molecule has 0 aromatic carbocycles. The predicted octanol–water partition coefficient (Wildman–Crippen LogP) is 4.54. The highest BCUT2D eigenvalue weighted by Gasteiger charge is 2.48. The number of unbranched alkanes of at least 4 members (excludes halogenated alkanes) is 5. The van der Waals surface area contributed by atoms with Gasteiger partial charge >= 0.3 is 5.97 Å². The second-order valence-corrected chi connectivity index (χ2v) is 6.85. The van der Waals surface area contributed by atoms with E-state index in [1.807, 2.05) is 0 Å². The van der Waals surface area contributed by atoms with E-state index in [4.69, 9.17) is 16.3 Å². The average Bonchev–Trinajstić information content (AvgIpc) is 2.96. The third kappa shape index (κ3) is 4.11. The first kappa shape index (κ1) is 15.2. The van der Waals surface area contributed by atoms with Gasteiger partial charge in [0.1, 0.15) is 0 Å². The van der Waals surface area contributed by atoms with Crippen LogP contribution in [0.1, 0.15) is 64.7 Å². The Morgan fingerprint density at radius 1 is 1.05 bits per heavy atom. The van der Waals surface area contributed by atoms with Crippen LogP contribution in [0.25, 0.3) is 0 Å². The molecule has 0 N–H and O–H groups in total. The summed E-state index contributed by atoms with van der Waals surface area (Å²) in [6, 6.07) is 0. The Hall–Kier alpha value is -0.240. The lowest BCUT2D eigenvalue weighted by Gasteiger charge is -2.22. The third-order valence-electron chi connectivity index (χ3n) is 4.82. The Labute approximate surface area is 122 Å². The molecule has 0 aliphatic heterocycles. The highest BCUT2D eigenvalue weighted by molar-refractivity contribution is 6.21. The molecule has 0 aromatic rings. The fourth-order valence-electron chi connectivity index (χ4n) is 3.66. The Bertz CT molecular complexity index is 290. The van der Waals surface area contributed by atoms with Gasteiger partial charge in [-0.2, -0.15) is 0 Å². The van der Waals surface area contributed by atoms with Crippen LogP contribution in [0.3, 0.4) is 0 Å². The molecule has 2 saturated carbocycles. The van der Waals surface area contributed by atoms with Crippen LogP contribution in [0.2, 0.25) is 0 Å². The zero-order chi connectivity index (χ0) is 13.7. The molecule has 0 aromatic heterocycles. The van der Waals surface area contributed by atoms with Crippen LogP contribution in [0.5, 0.6) is 0 Å². The van der Waals surface area contributed by atoms with Gasteiger partial charge in [0.2, 0.25) is 0 Å². The van der Waals surface area contributed by atoms with Crippen LogP contribution >= 0.6 is 11.6 Å². The maximum absolute atomic E-state index is 12.0. The molecule has 110 valence electrons. The summed E-state index contributed by atoms with van der Waals surface area (Å²) < 4.78 is 5.44. The van der Waals surface area contributed by atoms with Gasteiger partial charge in [0, 0.05) is 5.38 Å². The minimum Gasteiger partial charge on any atom is -0.465 e.